The summed E-state index contributed by atoms with van der Waals surface area (Å²) in [5, 5.41) is 16.9. The van der Waals surface area contributed by atoms with Gasteiger partial charge in [0, 0.05) is 54.5 Å². The van der Waals surface area contributed by atoms with Gasteiger partial charge in [0.25, 0.3) is 0 Å². The largest absolute Gasteiger partial charge is 0.478 e. The highest BCUT2D eigenvalue weighted by Gasteiger charge is 2.27. The molecule has 0 bridgehead atoms. The Morgan fingerprint density at radius 2 is 1.83 bits per heavy atom. The lowest BCUT2D eigenvalue weighted by atomic mass is 10.00. The highest BCUT2D eigenvalue weighted by molar-refractivity contribution is 7.22. The van der Waals surface area contributed by atoms with Crippen molar-refractivity contribution >= 4 is 55.6 Å². The summed E-state index contributed by atoms with van der Waals surface area (Å²) in [7, 11) is 0. The zero-order valence-corrected chi connectivity index (χ0v) is 21.8. The summed E-state index contributed by atoms with van der Waals surface area (Å²) in [6, 6.07) is 12.9. The predicted molar refractivity (Wildman–Crippen MR) is 142 cm³/mol. The Morgan fingerprint density at radius 1 is 1.11 bits per heavy atom. The second-order valence-corrected chi connectivity index (χ2v) is 10.9. The van der Waals surface area contributed by atoms with Crippen molar-refractivity contribution in [2.45, 2.75) is 26.3 Å². The van der Waals surface area contributed by atoms with Crippen LogP contribution in [0.25, 0.3) is 21.3 Å². The summed E-state index contributed by atoms with van der Waals surface area (Å²) in [5.74, 6) is 0.139. The maximum atomic E-state index is 11.3. The molecule has 1 aliphatic heterocycles. The normalized spacial score (nSPS) is 14.8. The van der Waals surface area contributed by atoms with Crippen molar-refractivity contribution in [2.75, 3.05) is 31.1 Å². The molecular formula is C26H25Cl2N3O3S. The molecule has 0 unspecified atom stereocenters. The average Bonchev–Trinajstić information content (AvgIpc) is 3.43. The molecule has 6 nitrogen and oxygen atoms in total. The first kappa shape index (κ1) is 24.1. The molecule has 1 N–H and O–H groups in total. The number of hydrogen-bond donors (Lipinski definition) is 1. The summed E-state index contributed by atoms with van der Waals surface area (Å²) >= 11 is 14.7. The molecule has 9 heteroatoms. The zero-order chi connectivity index (χ0) is 24.7. The van der Waals surface area contributed by atoms with Crippen LogP contribution in [-0.4, -0.2) is 47.3 Å². The monoisotopic (exact) mass is 529 g/mol. The van der Waals surface area contributed by atoms with Crippen molar-refractivity contribution in [3.05, 3.63) is 69.4 Å². The van der Waals surface area contributed by atoms with Gasteiger partial charge in [0.05, 0.1) is 20.6 Å². The van der Waals surface area contributed by atoms with E-state index in [2.05, 4.69) is 34.9 Å². The van der Waals surface area contributed by atoms with E-state index in [-0.39, 0.29) is 5.92 Å². The van der Waals surface area contributed by atoms with E-state index in [1.165, 1.54) is 5.00 Å². The molecule has 0 aliphatic carbocycles. The number of anilines is 1. The van der Waals surface area contributed by atoms with E-state index in [0.29, 0.717) is 33.4 Å². The van der Waals surface area contributed by atoms with E-state index < -0.39 is 5.97 Å². The van der Waals surface area contributed by atoms with Crippen LogP contribution in [0.4, 0.5) is 5.00 Å². The molecule has 2 aromatic heterocycles. The third-order valence-corrected chi connectivity index (χ3v) is 8.17. The smallest absolute Gasteiger partial charge is 0.335 e. The number of nitrogens with zero attached hydrogens (tertiary/aromatic N) is 3. The second-order valence-electron chi connectivity index (χ2n) is 9.03. The summed E-state index contributed by atoms with van der Waals surface area (Å²) in [6.45, 7) is 8.41. The lowest BCUT2D eigenvalue weighted by Gasteiger charge is -2.35. The molecule has 0 spiro atoms. The van der Waals surface area contributed by atoms with E-state index in [0.717, 1.165) is 47.6 Å². The fourth-order valence-electron chi connectivity index (χ4n) is 4.52. The number of piperazine rings is 1. The topological polar surface area (TPSA) is 69.8 Å². The molecule has 35 heavy (non-hydrogen) atoms. The molecule has 2 aromatic carbocycles. The van der Waals surface area contributed by atoms with Gasteiger partial charge >= 0.3 is 5.97 Å². The number of rotatable bonds is 6. The average molecular weight is 530 g/mol. The standard InChI is InChI=1S/C26H25Cl2N3O3S/c1-15(2)25-18(24(29-34-25)23-19(27)4-3-5-20(23)28)14-30-8-10-31(11-9-30)22-13-17-12-16(26(32)33)6-7-21(17)35-22/h3-7,12-13,15H,8-11,14H2,1-2H3,(H,32,33). The number of hydrogen-bond acceptors (Lipinski definition) is 6. The van der Waals surface area contributed by atoms with Crippen LogP contribution in [0.3, 0.4) is 0 Å². The lowest BCUT2D eigenvalue weighted by Crippen LogP contribution is -2.45. The van der Waals surface area contributed by atoms with Crippen molar-refractivity contribution in [2.24, 2.45) is 0 Å². The van der Waals surface area contributed by atoms with E-state index in [1.54, 1.807) is 23.5 Å². The molecule has 3 heterocycles. The predicted octanol–water partition coefficient (Wildman–Crippen LogP) is 7.01. The van der Waals surface area contributed by atoms with Gasteiger partial charge in [-0.05, 0) is 41.8 Å². The first-order valence-electron chi connectivity index (χ1n) is 11.5. The number of thiophene rings is 1. The van der Waals surface area contributed by atoms with E-state index in [9.17, 15) is 9.90 Å². The molecular weight excluding hydrogens is 505 g/mol. The number of carboxylic acid groups (broad SMARTS) is 1. The van der Waals surface area contributed by atoms with Gasteiger partial charge in [-0.1, -0.05) is 48.3 Å². The zero-order valence-electron chi connectivity index (χ0n) is 19.4. The van der Waals surface area contributed by atoms with Crippen LogP contribution in [-0.2, 0) is 6.54 Å². The molecule has 0 saturated carbocycles. The van der Waals surface area contributed by atoms with Crippen molar-refractivity contribution in [3.63, 3.8) is 0 Å². The molecule has 5 rings (SSSR count). The Labute approximate surface area is 217 Å². The SMILES string of the molecule is CC(C)c1onc(-c2c(Cl)cccc2Cl)c1CN1CCN(c2cc3cc(C(=O)O)ccc3s2)CC1. The van der Waals surface area contributed by atoms with Gasteiger partial charge in [-0.15, -0.1) is 11.3 Å². The van der Waals surface area contributed by atoms with Crippen molar-refractivity contribution in [3.8, 4) is 11.3 Å². The van der Waals surface area contributed by atoms with Crippen LogP contribution >= 0.6 is 34.5 Å². The number of carboxylic acids is 1. The first-order chi connectivity index (χ1) is 16.8. The fourth-order valence-corrected chi connectivity index (χ4v) is 6.19. The van der Waals surface area contributed by atoms with Crippen LogP contribution in [0.5, 0.6) is 0 Å². The number of carbonyl (C=O) groups is 1. The minimum atomic E-state index is -0.903. The molecule has 4 aromatic rings. The van der Waals surface area contributed by atoms with Crippen LogP contribution in [0.15, 0.2) is 47.0 Å². The third kappa shape index (κ3) is 4.78. The van der Waals surface area contributed by atoms with Gasteiger partial charge in [0.2, 0.25) is 0 Å². The molecule has 0 atom stereocenters. The van der Waals surface area contributed by atoms with Gasteiger partial charge in [0.1, 0.15) is 11.5 Å². The van der Waals surface area contributed by atoms with E-state index in [1.807, 2.05) is 24.3 Å². The third-order valence-electron chi connectivity index (χ3n) is 6.36. The number of fused-ring (bicyclic) bond motifs is 1. The Morgan fingerprint density at radius 3 is 2.49 bits per heavy atom. The van der Waals surface area contributed by atoms with Gasteiger partial charge < -0.3 is 14.5 Å². The maximum Gasteiger partial charge on any atom is 0.335 e. The summed E-state index contributed by atoms with van der Waals surface area (Å²) in [5.41, 5.74) is 2.78. The molecule has 1 saturated heterocycles. The Balaban J connectivity index is 1.34. The maximum absolute atomic E-state index is 11.3. The van der Waals surface area contributed by atoms with Crippen molar-refractivity contribution < 1.29 is 14.4 Å². The number of aromatic carboxylic acids is 1. The minimum Gasteiger partial charge on any atom is -0.478 e. The number of aromatic nitrogens is 1. The van der Waals surface area contributed by atoms with Crippen LogP contribution in [0, 0.1) is 0 Å². The van der Waals surface area contributed by atoms with Gasteiger partial charge in [-0.2, -0.15) is 0 Å². The molecule has 0 amide bonds. The lowest BCUT2D eigenvalue weighted by molar-refractivity contribution is 0.0697. The quantitative estimate of drug-likeness (QED) is 0.289. The van der Waals surface area contributed by atoms with Gasteiger partial charge in [-0.25, -0.2) is 4.79 Å². The molecule has 1 aliphatic rings. The summed E-state index contributed by atoms with van der Waals surface area (Å²) < 4.78 is 6.87. The minimum absolute atomic E-state index is 0.183. The second kappa shape index (κ2) is 9.82. The number of benzene rings is 2. The highest BCUT2D eigenvalue weighted by Crippen LogP contribution is 2.39. The molecule has 1 fully saturated rings. The molecule has 0 radical (unpaired) electrons. The van der Waals surface area contributed by atoms with Crippen molar-refractivity contribution in [1.29, 1.82) is 0 Å². The van der Waals surface area contributed by atoms with Crippen LogP contribution in [0.2, 0.25) is 10.0 Å². The van der Waals surface area contributed by atoms with Crippen molar-refractivity contribution in [1.82, 2.24) is 10.1 Å². The van der Waals surface area contributed by atoms with Crippen LogP contribution in [0.1, 0.15) is 41.4 Å². The number of halogens is 2. The van der Waals surface area contributed by atoms with Gasteiger partial charge in [0.15, 0.2) is 0 Å². The summed E-state index contributed by atoms with van der Waals surface area (Å²) in [6.07, 6.45) is 0. The van der Waals surface area contributed by atoms with Gasteiger partial charge in [-0.3, -0.25) is 4.90 Å². The van der Waals surface area contributed by atoms with E-state index in [4.69, 9.17) is 27.7 Å². The van der Waals surface area contributed by atoms with E-state index >= 15 is 0 Å². The fraction of sp³-hybridized carbons (Fsp3) is 0.308. The highest BCUT2D eigenvalue weighted by atomic mass is 35.5. The first-order valence-corrected chi connectivity index (χ1v) is 13.1. The Kier molecular flexibility index (Phi) is 6.77. The van der Waals surface area contributed by atoms with Crippen LogP contribution < -0.4 is 4.90 Å². The molecule has 182 valence electrons. The Hall–Kier alpha value is -2.58. The summed E-state index contributed by atoms with van der Waals surface area (Å²) in [4.78, 5) is 16.1. The Bertz CT molecular complexity index is 1370.